The van der Waals surface area contributed by atoms with Gasteiger partial charge in [-0.2, -0.15) is 5.10 Å². The summed E-state index contributed by atoms with van der Waals surface area (Å²) in [6.45, 7) is 2.10. The van der Waals surface area contributed by atoms with E-state index in [0.29, 0.717) is 0 Å². The molecule has 0 amide bonds. The van der Waals surface area contributed by atoms with Crippen molar-refractivity contribution >= 4 is 22.5 Å². The fraction of sp³-hybridized carbons (Fsp3) is 0.222. The quantitative estimate of drug-likeness (QED) is 0.719. The monoisotopic (exact) mass is 180 g/mol. The van der Waals surface area contributed by atoms with Crippen molar-refractivity contribution < 1.29 is 0 Å². The molecule has 0 aliphatic carbocycles. The number of fused-ring (bicyclic) bond motifs is 1. The number of hydrogen-bond donors (Lipinski definition) is 1. The van der Waals surface area contributed by atoms with E-state index >= 15 is 0 Å². The Morgan fingerprint density at radius 1 is 1.50 bits per heavy atom. The summed E-state index contributed by atoms with van der Waals surface area (Å²) in [6.07, 6.45) is 0.970. The molecule has 0 unspecified atom stereocenters. The van der Waals surface area contributed by atoms with E-state index in [1.165, 1.54) is 11.1 Å². The molecule has 0 saturated heterocycles. The van der Waals surface area contributed by atoms with Gasteiger partial charge in [0.25, 0.3) is 0 Å². The highest BCUT2D eigenvalue weighted by molar-refractivity contribution is 6.31. The van der Waals surface area contributed by atoms with Crippen LogP contribution in [0.2, 0.25) is 5.02 Å². The van der Waals surface area contributed by atoms with Crippen molar-refractivity contribution in [3.63, 3.8) is 0 Å². The van der Waals surface area contributed by atoms with E-state index in [1.807, 2.05) is 18.2 Å². The highest BCUT2D eigenvalue weighted by atomic mass is 35.5. The van der Waals surface area contributed by atoms with Crippen LogP contribution >= 0.6 is 11.6 Å². The van der Waals surface area contributed by atoms with Gasteiger partial charge in [0.2, 0.25) is 0 Å². The Bertz CT molecular complexity index is 406. The molecule has 2 aromatic rings. The van der Waals surface area contributed by atoms with E-state index < -0.39 is 0 Å². The minimum absolute atomic E-state index is 0.733. The normalized spacial score (nSPS) is 10.8. The van der Waals surface area contributed by atoms with Crippen LogP contribution in [-0.2, 0) is 6.42 Å². The lowest BCUT2D eigenvalue weighted by Gasteiger charge is -1.91. The smallest absolute Gasteiger partial charge is 0.0938 e. The van der Waals surface area contributed by atoms with Gasteiger partial charge in [-0.25, -0.2) is 0 Å². The van der Waals surface area contributed by atoms with Crippen LogP contribution in [0.5, 0.6) is 0 Å². The number of benzene rings is 1. The maximum atomic E-state index is 5.82. The third kappa shape index (κ3) is 1.08. The zero-order valence-electron chi connectivity index (χ0n) is 6.76. The molecule has 0 aliphatic heterocycles. The van der Waals surface area contributed by atoms with E-state index in [1.54, 1.807) is 0 Å². The number of rotatable bonds is 1. The van der Waals surface area contributed by atoms with E-state index in [0.717, 1.165) is 17.0 Å². The van der Waals surface area contributed by atoms with Crippen LogP contribution < -0.4 is 0 Å². The Morgan fingerprint density at radius 2 is 2.33 bits per heavy atom. The van der Waals surface area contributed by atoms with Crippen molar-refractivity contribution in [3.05, 3.63) is 28.9 Å². The van der Waals surface area contributed by atoms with Crippen LogP contribution in [0.1, 0.15) is 12.6 Å². The summed E-state index contributed by atoms with van der Waals surface area (Å²) in [7, 11) is 0. The van der Waals surface area contributed by atoms with Crippen molar-refractivity contribution in [3.8, 4) is 0 Å². The van der Waals surface area contributed by atoms with Crippen molar-refractivity contribution in [2.45, 2.75) is 13.3 Å². The van der Waals surface area contributed by atoms with Crippen LogP contribution in [-0.4, -0.2) is 10.2 Å². The first-order valence-electron chi connectivity index (χ1n) is 3.93. The summed E-state index contributed by atoms with van der Waals surface area (Å²) < 4.78 is 0. The Balaban J connectivity index is 2.73. The zero-order valence-corrected chi connectivity index (χ0v) is 7.52. The van der Waals surface area contributed by atoms with Crippen LogP contribution in [0.3, 0.4) is 0 Å². The lowest BCUT2D eigenvalue weighted by atomic mass is 10.2. The van der Waals surface area contributed by atoms with E-state index in [4.69, 9.17) is 11.6 Å². The number of nitrogens with one attached hydrogen (secondary N) is 1. The topological polar surface area (TPSA) is 28.7 Å². The molecule has 0 bridgehead atoms. The van der Waals surface area contributed by atoms with Gasteiger partial charge in [0.05, 0.1) is 5.52 Å². The fourth-order valence-electron chi connectivity index (χ4n) is 1.31. The summed E-state index contributed by atoms with van der Waals surface area (Å²) in [5, 5.41) is 9.02. The van der Waals surface area contributed by atoms with Gasteiger partial charge in [-0.1, -0.05) is 18.5 Å². The average Bonchev–Trinajstić information content (AvgIpc) is 2.46. The van der Waals surface area contributed by atoms with Gasteiger partial charge in [0.1, 0.15) is 0 Å². The van der Waals surface area contributed by atoms with E-state index in [9.17, 15) is 0 Å². The van der Waals surface area contributed by atoms with Crippen molar-refractivity contribution in [1.82, 2.24) is 10.2 Å². The minimum Gasteiger partial charge on any atom is -0.281 e. The van der Waals surface area contributed by atoms with Gasteiger partial charge in [-0.05, 0) is 24.6 Å². The van der Waals surface area contributed by atoms with Crippen molar-refractivity contribution in [2.24, 2.45) is 0 Å². The predicted molar refractivity (Wildman–Crippen MR) is 50.5 cm³/mol. The van der Waals surface area contributed by atoms with Gasteiger partial charge >= 0.3 is 0 Å². The van der Waals surface area contributed by atoms with E-state index in [2.05, 4.69) is 17.1 Å². The Hall–Kier alpha value is -1.02. The highest BCUT2D eigenvalue weighted by Gasteiger charge is 2.02. The summed E-state index contributed by atoms with van der Waals surface area (Å²) >= 11 is 5.82. The number of aromatic amines is 1. The number of nitrogens with zero attached hydrogens (tertiary/aromatic N) is 1. The lowest BCUT2D eigenvalue weighted by molar-refractivity contribution is 0.988. The number of aromatic nitrogens is 2. The molecule has 2 rings (SSSR count). The molecule has 0 atom stereocenters. The largest absolute Gasteiger partial charge is 0.281 e. The van der Waals surface area contributed by atoms with Gasteiger partial charge in [-0.3, -0.25) is 5.10 Å². The molecule has 0 aliphatic rings. The number of hydrogen-bond acceptors (Lipinski definition) is 1. The fourth-order valence-corrected chi connectivity index (χ4v) is 1.48. The van der Waals surface area contributed by atoms with Crippen LogP contribution in [0.25, 0.3) is 10.9 Å². The third-order valence-electron chi connectivity index (χ3n) is 1.95. The molecule has 12 heavy (non-hydrogen) atoms. The van der Waals surface area contributed by atoms with Gasteiger partial charge in [-0.15, -0.1) is 0 Å². The first kappa shape index (κ1) is 7.62. The molecule has 62 valence electrons. The number of aryl methyl sites for hydroxylation is 1. The molecule has 2 nitrogen and oxygen atoms in total. The number of H-pyrrole nitrogens is 1. The summed E-state index contributed by atoms with van der Waals surface area (Å²) in [5.41, 5.74) is 2.11. The Morgan fingerprint density at radius 3 is 3.08 bits per heavy atom. The summed E-state index contributed by atoms with van der Waals surface area (Å²) in [4.78, 5) is 0. The second-order valence-electron chi connectivity index (χ2n) is 2.72. The molecular formula is C9H9ClN2. The van der Waals surface area contributed by atoms with Crippen LogP contribution in [0.15, 0.2) is 18.2 Å². The van der Waals surface area contributed by atoms with Crippen molar-refractivity contribution in [1.29, 1.82) is 0 Å². The molecule has 1 N–H and O–H groups in total. The second kappa shape index (κ2) is 2.79. The molecule has 0 saturated carbocycles. The molecule has 1 aromatic heterocycles. The van der Waals surface area contributed by atoms with Crippen molar-refractivity contribution in [2.75, 3.05) is 0 Å². The molecule has 0 spiro atoms. The first-order chi connectivity index (χ1) is 5.81. The molecule has 0 radical (unpaired) electrons. The van der Waals surface area contributed by atoms with Gasteiger partial charge in [0.15, 0.2) is 0 Å². The molecule has 3 heteroatoms. The predicted octanol–water partition coefficient (Wildman–Crippen LogP) is 2.78. The average molecular weight is 181 g/mol. The van der Waals surface area contributed by atoms with Gasteiger partial charge < -0.3 is 0 Å². The number of halogens is 1. The molecule has 1 heterocycles. The highest BCUT2D eigenvalue weighted by Crippen LogP contribution is 2.20. The maximum absolute atomic E-state index is 5.82. The van der Waals surface area contributed by atoms with Crippen LogP contribution in [0, 0.1) is 0 Å². The summed E-state index contributed by atoms with van der Waals surface area (Å²) in [6, 6.07) is 5.76. The van der Waals surface area contributed by atoms with Crippen LogP contribution in [0.4, 0.5) is 0 Å². The molecular weight excluding hydrogens is 172 g/mol. The summed E-state index contributed by atoms with van der Waals surface area (Å²) in [5.74, 6) is 0. The van der Waals surface area contributed by atoms with E-state index in [-0.39, 0.29) is 0 Å². The third-order valence-corrected chi connectivity index (χ3v) is 2.18. The Labute approximate surface area is 75.5 Å². The minimum atomic E-state index is 0.733. The molecule has 0 fully saturated rings. The Kier molecular flexibility index (Phi) is 1.77. The maximum Gasteiger partial charge on any atom is 0.0938 e. The standard InChI is InChI=1S/C9H9ClN2/c1-2-8-7-4-3-6(10)5-9(7)12-11-8/h3-5H,2H2,1H3,(H,11,12). The van der Waals surface area contributed by atoms with Gasteiger partial charge in [0, 0.05) is 16.1 Å². The molecule has 1 aromatic carbocycles. The first-order valence-corrected chi connectivity index (χ1v) is 4.31. The second-order valence-corrected chi connectivity index (χ2v) is 3.15. The zero-order chi connectivity index (χ0) is 8.55. The lowest BCUT2D eigenvalue weighted by Crippen LogP contribution is -1.78. The SMILES string of the molecule is CCc1[nH]nc2cc(Cl)ccc12.